The Kier molecular flexibility index (Phi) is 7.55. The number of carbonyl (C=O) groups excluding carboxylic acids is 3. The molecule has 0 fully saturated rings. The number of hydrogen-bond acceptors (Lipinski definition) is 4. The first-order valence-corrected chi connectivity index (χ1v) is 8.81. The Bertz CT molecular complexity index is 760. The van der Waals surface area contributed by atoms with E-state index in [1.807, 2.05) is 50.2 Å². The van der Waals surface area contributed by atoms with E-state index in [2.05, 4.69) is 10.6 Å². The molecule has 0 radical (unpaired) electrons. The summed E-state index contributed by atoms with van der Waals surface area (Å²) >= 11 is 0. The number of ether oxygens (including phenoxy) is 1. The highest BCUT2D eigenvalue weighted by atomic mass is 16.5. The van der Waals surface area contributed by atoms with Crippen molar-refractivity contribution < 1.29 is 19.1 Å². The smallest absolute Gasteiger partial charge is 0.308 e. The first-order chi connectivity index (χ1) is 13.0. The van der Waals surface area contributed by atoms with Crippen LogP contribution in [0, 0.1) is 0 Å². The van der Waals surface area contributed by atoms with Crippen molar-refractivity contribution in [3.63, 3.8) is 0 Å². The lowest BCUT2D eigenvalue weighted by molar-refractivity contribution is -0.149. The van der Waals surface area contributed by atoms with Gasteiger partial charge in [0.05, 0.1) is 12.5 Å². The molecule has 0 spiro atoms. The number of rotatable bonds is 8. The maximum absolute atomic E-state index is 12.5. The van der Waals surface area contributed by atoms with Crippen LogP contribution in [0.5, 0.6) is 0 Å². The summed E-state index contributed by atoms with van der Waals surface area (Å²) in [4.78, 5) is 36.3. The van der Waals surface area contributed by atoms with E-state index in [9.17, 15) is 14.4 Å². The average molecular weight is 368 g/mol. The van der Waals surface area contributed by atoms with Gasteiger partial charge in [0.25, 0.3) is 11.8 Å². The van der Waals surface area contributed by atoms with Gasteiger partial charge in [-0.25, -0.2) is 0 Å². The van der Waals surface area contributed by atoms with Gasteiger partial charge in [-0.05, 0) is 31.5 Å². The van der Waals surface area contributed by atoms with E-state index in [1.54, 1.807) is 24.3 Å². The van der Waals surface area contributed by atoms with E-state index < -0.39 is 12.0 Å². The predicted octanol–water partition coefficient (Wildman–Crippen LogP) is 2.62. The summed E-state index contributed by atoms with van der Waals surface area (Å²) in [6.45, 7) is 3.31. The minimum atomic E-state index is -0.559. The lowest BCUT2D eigenvalue weighted by Crippen LogP contribution is -2.35. The van der Waals surface area contributed by atoms with Crippen molar-refractivity contribution in [1.29, 1.82) is 0 Å². The Labute approximate surface area is 158 Å². The van der Waals surface area contributed by atoms with Crippen molar-refractivity contribution in [1.82, 2.24) is 10.6 Å². The number of esters is 1. The quantitative estimate of drug-likeness (QED) is 0.702. The monoisotopic (exact) mass is 368 g/mol. The molecule has 2 aromatic rings. The van der Waals surface area contributed by atoms with Crippen LogP contribution in [0.1, 0.15) is 42.2 Å². The highest BCUT2D eigenvalue weighted by Gasteiger charge is 2.20. The highest BCUT2D eigenvalue weighted by Crippen LogP contribution is 2.18. The van der Waals surface area contributed by atoms with Crippen LogP contribution in [0.15, 0.2) is 60.7 Å². The third-order valence-corrected chi connectivity index (χ3v) is 3.73. The van der Waals surface area contributed by atoms with Crippen molar-refractivity contribution in [2.75, 3.05) is 6.61 Å². The van der Waals surface area contributed by atoms with Gasteiger partial charge >= 0.3 is 5.97 Å². The number of carbonyl (C=O) groups is 3. The fourth-order valence-corrected chi connectivity index (χ4v) is 2.50. The van der Waals surface area contributed by atoms with E-state index in [-0.39, 0.29) is 30.9 Å². The largest absolute Gasteiger partial charge is 0.456 e. The summed E-state index contributed by atoms with van der Waals surface area (Å²) in [5, 5.41) is 5.51. The van der Waals surface area contributed by atoms with Crippen LogP contribution in [-0.4, -0.2) is 30.4 Å². The van der Waals surface area contributed by atoms with Crippen molar-refractivity contribution in [2.24, 2.45) is 0 Å². The zero-order chi connectivity index (χ0) is 19.6. The van der Waals surface area contributed by atoms with Crippen LogP contribution in [0.4, 0.5) is 0 Å². The van der Waals surface area contributed by atoms with Gasteiger partial charge in [0.2, 0.25) is 0 Å². The maximum Gasteiger partial charge on any atom is 0.308 e. The summed E-state index contributed by atoms with van der Waals surface area (Å²) < 4.78 is 5.04. The third-order valence-electron chi connectivity index (χ3n) is 3.73. The van der Waals surface area contributed by atoms with Gasteiger partial charge in [-0.3, -0.25) is 14.4 Å². The van der Waals surface area contributed by atoms with E-state index in [0.29, 0.717) is 5.56 Å². The van der Waals surface area contributed by atoms with Gasteiger partial charge in [0.15, 0.2) is 6.61 Å². The molecule has 142 valence electrons. The van der Waals surface area contributed by atoms with E-state index >= 15 is 0 Å². The predicted molar refractivity (Wildman–Crippen MR) is 102 cm³/mol. The molecule has 6 nitrogen and oxygen atoms in total. The molecule has 27 heavy (non-hydrogen) atoms. The second kappa shape index (κ2) is 10.1. The van der Waals surface area contributed by atoms with Gasteiger partial charge in [-0.15, -0.1) is 0 Å². The Morgan fingerprint density at radius 2 is 1.48 bits per heavy atom. The Morgan fingerprint density at radius 3 is 2.07 bits per heavy atom. The minimum absolute atomic E-state index is 0.0292. The zero-order valence-corrected chi connectivity index (χ0v) is 15.5. The summed E-state index contributed by atoms with van der Waals surface area (Å²) in [5.41, 5.74) is 1.29. The molecule has 0 aliphatic carbocycles. The molecule has 0 bridgehead atoms. The Morgan fingerprint density at radius 1 is 0.889 bits per heavy atom. The molecule has 1 unspecified atom stereocenters. The number of hydrogen-bond donors (Lipinski definition) is 2. The summed E-state index contributed by atoms with van der Waals surface area (Å²) in [6.07, 6.45) is -0.0719. The van der Waals surface area contributed by atoms with Gasteiger partial charge in [-0.2, -0.15) is 0 Å². The Balaban J connectivity index is 2.02. The van der Waals surface area contributed by atoms with Crippen molar-refractivity contribution in [2.45, 2.75) is 32.4 Å². The normalized spacial score (nSPS) is 11.5. The number of amides is 2. The summed E-state index contributed by atoms with van der Waals surface area (Å²) in [6, 6.07) is 17.4. The molecule has 0 aliphatic heterocycles. The van der Waals surface area contributed by atoms with E-state index in [0.717, 1.165) is 5.56 Å². The van der Waals surface area contributed by atoms with Crippen LogP contribution in [0.25, 0.3) is 0 Å². The molecule has 0 heterocycles. The second-order valence-electron chi connectivity index (χ2n) is 6.39. The lowest BCUT2D eigenvalue weighted by atomic mass is 10.0. The van der Waals surface area contributed by atoms with Gasteiger partial charge in [0, 0.05) is 11.6 Å². The van der Waals surface area contributed by atoms with Crippen LogP contribution in [0.3, 0.4) is 0 Å². The lowest BCUT2D eigenvalue weighted by Gasteiger charge is -2.19. The minimum Gasteiger partial charge on any atom is -0.456 e. The summed E-state index contributed by atoms with van der Waals surface area (Å²) in [7, 11) is 0. The SMILES string of the molecule is CC(C)NC(=O)COC(=O)CC(NC(=O)c1ccccc1)c1ccccc1. The van der Waals surface area contributed by atoms with Gasteiger partial charge in [0.1, 0.15) is 0 Å². The Hall–Kier alpha value is -3.15. The average Bonchev–Trinajstić information content (AvgIpc) is 2.66. The standard InChI is InChI=1S/C21H24N2O4/c1-15(2)22-19(24)14-27-20(25)13-18(16-9-5-3-6-10-16)23-21(26)17-11-7-4-8-12-17/h3-12,15,18H,13-14H2,1-2H3,(H,22,24)(H,23,26). The molecule has 2 rings (SSSR count). The molecule has 2 amide bonds. The van der Waals surface area contributed by atoms with Gasteiger partial charge < -0.3 is 15.4 Å². The number of benzene rings is 2. The second-order valence-corrected chi connectivity index (χ2v) is 6.39. The molecule has 6 heteroatoms. The molecule has 2 N–H and O–H groups in total. The molecule has 0 aliphatic rings. The van der Waals surface area contributed by atoms with Crippen LogP contribution in [0.2, 0.25) is 0 Å². The number of nitrogens with one attached hydrogen (secondary N) is 2. The molecule has 2 aromatic carbocycles. The summed E-state index contributed by atoms with van der Waals surface area (Å²) in [5.74, 6) is -1.20. The molecule has 0 saturated carbocycles. The molecule has 0 aromatic heterocycles. The van der Waals surface area contributed by atoms with Gasteiger partial charge in [-0.1, -0.05) is 48.5 Å². The first kappa shape index (κ1) is 20.2. The van der Waals surface area contributed by atoms with Crippen LogP contribution < -0.4 is 10.6 Å². The molecule has 1 atom stereocenters. The molecule has 0 saturated heterocycles. The highest BCUT2D eigenvalue weighted by molar-refractivity contribution is 5.94. The molecular formula is C21H24N2O4. The van der Waals surface area contributed by atoms with Crippen molar-refractivity contribution in [3.8, 4) is 0 Å². The molecular weight excluding hydrogens is 344 g/mol. The topological polar surface area (TPSA) is 84.5 Å². The maximum atomic E-state index is 12.5. The fourth-order valence-electron chi connectivity index (χ4n) is 2.50. The van der Waals surface area contributed by atoms with Crippen molar-refractivity contribution in [3.05, 3.63) is 71.8 Å². The zero-order valence-electron chi connectivity index (χ0n) is 15.5. The van der Waals surface area contributed by atoms with Crippen LogP contribution >= 0.6 is 0 Å². The first-order valence-electron chi connectivity index (χ1n) is 8.81. The van der Waals surface area contributed by atoms with E-state index in [1.165, 1.54) is 0 Å². The van der Waals surface area contributed by atoms with Crippen molar-refractivity contribution >= 4 is 17.8 Å². The fraction of sp³-hybridized carbons (Fsp3) is 0.286. The third kappa shape index (κ3) is 6.93. The van der Waals surface area contributed by atoms with E-state index in [4.69, 9.17) is 4.74 Å². The van der Waals surface area contributed by atoms with Crippen LogP contribution in [-0.2, 0) is 14.3 Å².